The van der Waals surface area contributed by atoms with E-state index in [1.54, 1.807) is 23.6 Å². The summed E-state index contributed by atoms with van der Waals surface area (Å²) in [5, 5.41) is 2.77. The lowest BCUT2D eigenvalue weighted by Crippen LogP contribution is -2.34. The number of nitrogens with zero attached hydrogens (tertiary/aromatic N) is 1. The van der Waals surface area contributed by atoms with E-state index in [0.29, 0.717) is 28.9 Å². The van der Waals surface area contributed by atoms with E-state index in [0.717, 1.165) is 0 Å². The second-order valence-electron chi connectivity index (χ2n) is 5.37. The van der Waals surface area contributed by atoms with Gasteiger partial charge in [0.1, 0.15) is 12.1 Å². The Morgan fingerprint density at radius 2 is 1.96 bits per heavy atom. The topological polar surface area (TPSA) is 95.9 Å². The maximum atomic E-state index is 12.7. The zero-order valence-electron chi connectivity index (χ0n) is 14.0. The van der Waals surface area contributed by atoms with Gasteiger partial charge in [-0.2, -0.15) is 0 Å². The van der Waals surface area contributed by atoms with Crippen LogP contribution >= 0.6 is 0 Å². The van der Waals surface area contributed by atoms with Crippen LogP contribution in [-0.4, -0.2) is 36.4 Å². The Morgan fingerprint density at radius 1 is 1.24 bits per heavy atom. The van der Waals surface area contributed by atoms with Crippen molar-refractivity contribution < 1.29 is 23.8 Å². The van der Waals surface area contributed by atoms with E-state index >= 15 is 0 Å². The molecule has 0 saturated heterocycles. The molecule has 1 aliphatic rings. The van der Waals surface area contributed by atoms with Gasteiger partial charge in [0.05, 0.1) is 17.5 Å². The fourth-order valence-corrected chi connectivity index (χ4v) is 2.66. The molecule has 1 amide bonds. The molecule has 0 fully saturated rings. The number of aromatic nitrogens is 1. The lowest BCUT2D eigenvalue weighted by atomic mass is 10.1. The molecule has 0 bridgehead atoms. The number of rotatable bonds is 5. The molecule has 0 radical (unpaired) electrons. The zero-order valence-corrected chi connectivity index (χ0v) is 14.0. The van der Waals surface area contributed by atoms with Crippen LogP contribution in [0.1, 0.15) is 24.2 Å². The number of pyridine rings is 1. The maximum Gasteiger partial charge on any atom is 0.325 e. The molecule has 8 nitrogen and oxygen atoms in total. The van der Waals surface area contributed by atoms with Gasteiger partial charge in [-0.3, -0.25) is 14.4 Å². The molecule has 2 aromatic rings. The average molecular weight is 346 g/mol. The number of hydrogen-bond acceptors (Lipinski definition) is 6. The van der Waals surface area contributed by atoms with Crippen LogP contribution in [0.3, 0.4) is 0 Å². The van der Waals surface area contributed by atoms with Crippen LogP contribution in [0.2, 0.25) is 0 Å². The molecule has 0 spiro atoms. The molecule has 8 heteroatoms. The number of carbonyl (C=O) groups excluding carboxylic acids is 2. The lowest BCUT2D eigenvalue weighted by molar-refractivity contribution is -0.141. The van der Waals surface area contributed by atoms with E-state index in [9.17, 15) is 14.4 Å². The third kappa shape index (κ3) is 3.15. The molecule has 3 rings (SSSR count). The van der Waals surface area contributed by atoms with Crippen molar-refractivity contribution in [2.45, 2.75) is 20.4 Å². The fraction of sp³-hybridized carbons (Fsp3) is 0.353. The smallest absolute Gasteiger partial charge is 0.325 e. The molecular weight excluding hydrogens is 328 g/mol. The number of aryl methyl sites for hydroxylation is 1. The summed E-state index contributed by atoms with van der Waals surface area (Å²) in [6.07, 6.45) is 1.48. The van der Waals surface area contributed by atoms with Gasteiger partial charge in [0.15, 0.2) is 11.5 Å². The number of nitrogens with one attached hydrogen (secondary N) is 1. The Hall–Kier alpha value is -3.03. The van der Waals surface area contributed by atoms with Crippen LogP contribution in [-0.2, 0) is 16.1 Å². The van der Waals surface area contributed by atoms with Crippen molar-refractivity contribution in [3.8, 4) is 11.5 Å². The highest BCUT2D eigenvalue weighted by Gasteiger charge is 2.20. The Bertz CT molecular complexity index is 902. The number of fused-ring (bicyclic) bond motifs is 2. The van der Waals surface area contributed by atoms with Gasteiger partial charge < -0.3 is 24.1 Å². The molecule has 0 aliphatic carbocycles. The number of benzene rings is 1. The SMILES string of the molecule is CCOC(=O)CNC(=O)c1cn(CC)c2cc3c(cc2c1=O)OCO3. The number of esters is 1. The molecular formula is C17H18N2O6. The lowest BCUT2D eigenvalue weighted by Gasteiger charge is -2.12. The summed E-state index contributed by atoms with van der Waals surface area (Å²) < 4.78 is 17.2. The van der Waals surface area contributed by atoms with Crippen molar-refractivity contribution in [2.24, 2.45) is 0 Å². The molecule has 2 heterocycles. The van der Waals surface area contributed by atoms with Gasteiger partial charge in [0.25, 0.3) is 5.91 Å². The van der Waals surface area contributed by atoms with E-state index in [-0.39, 0.29) is 25.5 Å². The molecule has 1 aromatic carbocycles. The summed E-state index contributed by atoms with van der Waals surface area (Å²) in [7, 11) is 0. The maximum absolute atomic E-state index is 12.7. The molecule has 0 unspecified atom stereocenters. The van der Waals surface area contributed by atoms with Crippen LogP contribution in [0.15, 0.2) is 23.1 Å². The van der Waals surface area contributed by atoms with Gasteiger partial charge in [0, 0.05) is 18.8 Å². The molecule has 0 atom stereocenters. The van der Waals surface area contributed by atoms with Crippen molar-refractivity contribution in [1.82, 2.24) is 9.88 Å². The Labute approximate surface area is 143 Å². The van der Waals surface area contributed by atoms with Gasteiger partial charge >= 0.3 is 5.97 Å². The number of carbonyl (C=O) groups is 2. The third-order valence-electron chi connectivity index (χ3n) is 3.86. The minimum atomic E-state index is -0.625. The molecule has 1 N–H and O–H groups in total. The molecule has 25 heavy (non-hydrogen) atoms. The first-order valence-electron chi connectivity index (χ1n) is 7.95. The third-order valence-corrected chi connectivity index (χ3v) is 3.86. The van der Waals surface area contributed by atoms with Gasteiger partial charge in [0.2, 0.25) is 12.2 Å². The summed E-state index contributed by atoms with van der Waals surface area (Å²) in [4.78, 5) is 36.4. The van der Waals surface area contributed by atoms with Gasteiger partial charge in [-0.15, -0.1) is 0 Å². The number of amides is 1. The van der Waals surface area contributed by atoms with E-state index in [1.165, 1.54) is 6.20 Å². The van der Waals surface area contributed by atoms with Gasteiger partial charge in [-0.05, 0) is 19.9 Å². The predicted molar refractivity (Wildman–Crippen MR) is 89.0 cm³/mol. The Kier molecular flexibility index (Phi) is 4.60. The van der Waals surface area contributed by atoms with Crippen molar-refractivity contribution >= 4 is 22.8 Å². The first-order chi connectivity index (χ1) is 12.0. The van der Waals surface area contributed by atoms with Gasteiger partial charge in [-0.1, -0.05) is 0 Å². The highest BCUT2D eigenvalue weighted by atomic mass is 16.7. The normalized spacial score (nSPS) is 12.2. The Morgan fingerprint density at radius 3 is 2.64 bits per heavy atom. The summed E-state index contributed by atoms with van der Waals surface area (Å²) in [5.74, 6) is -0.152. The van der Waals surface area contributed by atoms with Crippen molar-refractivity contribution in [2.75, 3.05) is 19.9 Å². The van der Waals surface area contributed by atoms with Crippen LogP contribution in [0.5, 0.6) is 11.5 Å². The number of ether oxygens (including phenoxy) is 3. The average Bonchev–Trinajstić information content (AvgIpc) is 3.06. The van der Waals surface area contributed by atoms with E-state index in [2.05, 4.69) is 5.32 Å². The predicted octanol–water partition coefficient (Wildman–Crippen LogP) is 1.04. The standard InChI is InChI=1S/C17H18N2O6/c1-3-19-8-11(17(22)18-7-15(20)23-4-2)16(21)10-5-13-14(6-12(10)19)25-9-24-13/h5-6,8H,3-4,7,9H2,1-2H3,(H,18,22). The molecule has 132 valence electrons. The fourth-order valence-electron chi connectivity index (χ4n) is 2.66. The molecule has 1 aromatic heterocycles. The van der Waals surface area contributed by atoms with Crippen LogP contribution in [0, 0.1) is 0 Å². The second-order valence-corrected chi connectivity index (χ2v) is 5.37. The summed E-state index contributed by atoms with van der Waals surface area (Å²) in [6.45, 7) is 4.15. The molecule has 1 aliphatic heterocycles. The van der Waals surface area contributed by atoms with Crippen LogP contribution in [0.4, 0.5) is 0 Å². The minimum Gasteiger partial charge on any atom is -0.465 e. The van der Waals surface area contributed by atoms with Crippen LogP contribution in [0.25, 0.3) is 10.9 Å². The largest absolute Gasteiger partial charge is 0.465 e. The number of hydrogen-bond donors (Lipinski definition) is 1. The first kappa shape index (κ1) is 16.8. The minimum absolute atomic E-state index is 0.0440. The van der Waals surface area contributed by atoms with E-state index < -0.39 is 17.3 Å². The highest BCUT2D eigenvalue weighted by molar-refractivity contribution is 5.99. The summed E-state index contributed by atoms with van der Waals surface area (Å²) in [5.41, 5.74) is 0.176. The first-order valence-corrected chi connectivity index (χ1v) is 7.95. The molecule has 0 saturated carbocycles. The zero-order chi connectivity index (χ0) is 18.0. The van der Waals surface area contributed by atoms with Gasteiger partial charge in [-0.25, -0.2) is 0 Å². The van der Waals surface area contributed by atoms with Crippen molar-refractivity contribution in [3.63, 3.8) is 0 Å². The van der Waals surface area contributed by atoms with E-state index in [4.69, 9.17) is 14.2 Å². The quantitative estimate of drug-likeness (QED) is 0.813. The van der Waals surface area contributed by atoms with Crippen molar-refractivity contribution in [1.29, 1.82) is 0 Å². The Balaban J connectivity index is 2.00. The van der Waals surface area contributed by atoms with Crippen LogP contribution < -0.4 is 20.2 Å². The summed E-state index contributed by atoms with van der Waals surface area (Å²) in [6, 6.07) is 3.30. The van der Waals surface area contributed by atoms with E-state index in [1.807, 2.05) is 6.92 Å². The van der Waals surface area contributed by atoms with Crippen molar-refractivity contribution in [3.05, 3.63) is 34.1 Å². The second kappa shape index (κ2) is 6.84. The summed E-state index contributed by atoms with van der Waals surface area (Å²) >= 11 is 0. The monoisotopic (exact) mass is 346 g/mol. The highest BCUT2D eigenvalue weighted by Crippen LogP contribution is 2.35.